The highest BCUT2D eigenvalue weighted by Gasteiger charge is 2.39. The van der Waals surface area contributed by atoms with Crippen LogP contribution in [-0.4, -0.2) is 55.3 Å². The minimum absolute atomic E-state index is 0.696. The van der Waals surface area contributed by atoms with Gasteiger partial charge in [0, 0.05) is 68.8 Å². The molecule has 1 aliphatic heterocycles. The molecule has 0 bridgehead atoms. The zero-order valence-electron chi connectivity index (χ0n) is 18.8. The molecule has 0 radical (unpaired) electrons. The summed E-state index contributed by atoms with van der Waals surface area (Å²) in [5.41, 5.74) is 5.16. The summed E-state index contributed by atoms with van der Waals surface area (Å²) in [5.74, 6) is 1.71. The van der Waals surface area contributed by atoms with E-state index >= 15 is 0 Å². The Labute approximate surface area is 179 Å². The van der Waals surface area contributed by atoms with E-state index in [1.165, 1.54) is 54.6 Å². The van der Waals surface area contributed by atoms with Gasteiger partial charge in [0.2, 0.25) is 0 Å². The van der Waals surface area contributed by atoms with Crippen LogP contribution in [0.3, 0.4) is 0 Å². The first-order valence-electron chi connectivity index (χ1n) is 11.3. The topological polar surface area (TPSA) is 42.1 Å². The highest BCUT2D eigenvalue weighted by atomic mass is 15.3. The Morgan fingerprint density at radius 1 is 1.17 bits per heavy atom. The molecule has 0 amide bonds. The summed E-state index contributed by atoms with van der Waals surface area (Å²) in [5, 5.41) is 5.72. The standard InChI is InChI=1S/C24H34N6/c1-17-20(12-26-29(17)4)13-27(2)22-10-18-7-9-30(15-19(18)11-22)16-21-14-28(3)24-23(21)6-5-8-25-24/h5-6,8,12,14,18-19,22H,7,9-11,13,15-16H2,1-4H3/t18-,19-,22+/m1/s1. The second kappa shape index (κ2) is 7.82. The molecule has 3 aromatic rings. The van der Waals surface area contributed by atoms with Gasteiger partial charge < -0.3 is 4.57 Å². The van der Waals surface area contributed by atoms with E-state index in [4.69, 9.17) is 0 Å². The van der Waals surface area contributed by atoms with Gasteiger partial charge in [-0.2, -0.15) is 5.10 Å². The van der Waals surface area contributed by atoms with Crippen molar-refractivity contribution >= 4 is 11.0 Å². The van der Waals surface area contributed by atoms with Crippen molar-refractivity contribution in [3.63, 3.8) is 0 Å². The van der Waals surface area contributed by atoms with E-state index < -0.39 is 0 Å². The Kier molecular flexibility index (Phi) is 5.15. The van der Waals surface area contributed by atoms with Crippen molar-refractivity contribution in [3.8, 4) is 0 Å². The van der Waals surface area contributed by atoms with Crippen LogP contribution in [0.1, 0.15) is 36.1 Å². The minimum atomic E-state index is 0.696. The number of piperidine rings is 1. The van der Waals surface area contributed by atoms with Crippen molar-refractivity contribution in [3.05, 3.63) is 47.5 Å². The van der Waals surface area contributed by atoms with E-state index in [0.717, 1.165) is 30.6 Å². The number of likely N-dealkylation sites (tertiary alicyclic amines) is 1. The van der Waals surface area contributed by atoms with Gasteiger partial charge in [0.25, 0.3) is 0 Å². The molecule has 3 aromatic heterocycles. The van der Waals surface area contributed by atoms with Gasteiger partial charge in [-0.3, -0.25) is 14.5 Å². The fourth-order valence-electron chi connectivity index (χ4n) is 5.79. The van der Waals surface area contributed by atoms with Gasteiger partial charge in [-0.25, -0.2) is 4.98 Å². The Bertz CT molecular complexity index is 1030. The smallest absolute Gasteiger partial charge is 0.139 e. The van der Waals surface area contributed by atoms with Crippen molar-refractivity contribution in [2.75, 3.05) is 20.1 Å². The maximum Gasteiger partial charge on any atom is 0.139 e. The van der Waals surface area contributed by atoms with Crippen LogP contribution in [0.25, 0.3) is 11.0 Å². The third kappa shape index (κ3) is 3.56. The maximum absolute atomic E-state index is 4.55. The zero-order chi connectivity index (χ0) is 20.8. The van der Waals surface area contributed by atoms with Crippen LogP contribution in [0.5, 0.6) is 0 Å². The van der Waals surface area contributed by atoms with Crippen molar-refractivity contribution in [1.29, 1.82) is 0 Å². The lowest BCUT2D eigenvalue weighted by atomic mass is 9.88. The molecule has 30 heavy (non-hydrogen) atoms. The Morgan fingerprint density at radius 2 is 2.00 bits per heavy atom. The summed E-state index contributed by atoms with van der Waals surface area (Å²) in [4.78, 5) is 9.80. The number of aromatic nitrogens is 4. The molecule has 6 nitrogen and oxygen atoms in total. The molecule has 0 unspecified atom stereocenters. The molecule has 6 heteroatoms. The molecule has 2 fully saturated rings. The summed E-state index contributed by atoms with van der Waals surface area (Å²) in [7, 11) is 6.44. The number of pyridine rings is 1. The fraction of sp³-hybridized carbons (Fsp3) is 0.583. The summed E-state index contributed by atoms with van der Waals surface area (Å²) in [6.45, 7) is 6.68. The Morgan fingerprint density at radius 3 is 2.80 bits per heavy atom. The largest absolute Gasteiger partial charge is 0.335 e. The number of hydrogen-bond donors (Lipinski definition) is 0. The molecular formula is C24H34N6. The van der Waals surface area contributed by atoms with Gasteiger partial charge in [-0.15, -0.1) is 0 Å². The fourth-order valence-corrected chi connectivity index (χ4v) is 5.79. The second-order valence-electron chi connectivity index (χ2n) is 9.60. The lowest BCUT2D eigenvalue weighted by Crippen LogP contribution is -2.37. The lowest BCUT2D eigenvalue weighted by molar-refractivity contribution is 0.132. The van der Waals surface area contributed by atoms with E-state index in [0.29, 0.717) is 6.04 Å². The lowest BCUT2D eigenvalue weighted by Gasteiger charge is -2.34. The van der Waals surface area contributed by atoms with E-state index in [1.807, 2.05) is 24.1 Å². The van der Waals surface area contributed by atoms with E-state index in [-0.39, 0.29) is 0 Å². The monoisotopic (exact) mass is 406 g/mol. The van der Waals surface area contributed by atoms with Crippen molar-refractivity contribution in [2.24, 2.45) is 25.9 Å². The van der Waals surface area contributed by atoms with Crippen molar-refractivity contribution in [1.82, 2.24) is 29.1 Å². The number of nitrogens with zero attached hydrogens (tertiary/aromatic N) is 6. The molecule has 0 spiro atoms. The predicted octanol–water partition coefficient (Wildman–Crippen LogP) is 3.35. The number of aryl methyl sites for hydroxylation is 2. The normalized spacial score (nSPS) is 24.8. The molecule has 1 saturated carbocycles. The average molecular weight is 407 g/mol. The van der Waals surface area contributed by atoms with Crippen LogP contribution in [0.2, 0.25) is 0 Å². The molecule has 0 aromatic carbocycles. The summed E-state index contributed by atoms with van der Waals surface area (Å²) < 4.78 is 4.15. The van der Waals surface area contributed by atoms with Gasteiger partial charge in [0.1, 0.15) is 5.65 Å². The first kappa shape index (κ1) is 19.8. The van der Waals surface area contributed by atoms with Gasteiger partial charge in [0.05, 0.1) is 6.20 Å². The van der Waals surface area contributed by atoms with E-state index in [1.54, 1.807) is 0 Å². The highest BCUT2D eigenvalue weighted by molar-refractivity contribution is 5.80. The molecule has 0 N–H and O–H groups in total. The van der Waals surface area contributed by atoms with Crippen LogP contribution in [0, 0.1) is 18.8 Å². The average Bonchev–Trinajstić information content (AvgIpc) is 3.40. The molecule has 3 atom stereocenters. The zero-order valence-corrected chi connectivity index (χ0v) is 18.8. The van der Waals surface area contributed by atoms with Crippen LogP contribution in [0.15, 0.2) is 30.7 Å². The van der Waals surface area contributed by atoms with Crippen LogP contribution in [0.4, 0.5) is 0 Å². The SMILES string of the molecule is Cc1c(CN(C)[C@H]2C[C@H]3CCN(Cc4cn(C)c5ncccc45)C[C@H]3C2)cnn1C. The summed E-state index contributed by atoms with van der Waals surface area (Å²) >= 11 is 0. The van der Waals surface area contributed by atoms with Crippen LogP contribution in [-0.2, 0) is 27.2 Å². The third-order valence-corrected chi connectivity index (χ3v) is 7.72. The molecule has 2 aliphatic rings. The predicted molar refractivity (Wildman–Crippen MR) is 120 cm³/mol. The van der Waals surface area contributed by atoms with Crippen molar-refractivity contribution < 1.29 is 0 Å². The number of hydrogen-bond acceptors (Lipinski definition) is 4. The molecule has 1 saturated heterocycles. The van der Waals surface area contributed by atoms with Crippen LogP contribution < -0.4 is 0 Å². The van der Waals surface area contributed by atoms with Gasteiger partial charge in [-0.05, 0) is 69.3 Å². The number of rotatable bonds is 5. The minimum Gasteiger partial charge on any atom is -0.335 e. The summed E-state index contributed by atoms with van der Waals surface area (Å²) in [6, 6.07) is 4.96. The highest BCUT2D eigenvalue weighted by Crippen LogP contribution is 2.40. The Balaban J connectivity index is 1.22. The molecule has 5 rings (SSSR count). The third-order valence-electron chi connectivity index (χ3n) is 7.72. The Hall–Kier alpha value is -2.18. The van der Waals surface area contributed by atoms with Crippen LogP contribution >= 0.6 is 0 Å². The molecular weight excluding hydrogens is 372 g/mol. The first-order valence-corrected chi connectivity index (χ1v) is 11.3. The molecule has 160 valence electrons. The van der Waals surface area contributed by atoms with Gasteiger partial charge in [0.15, 0.2) is 0 Å². The first-order chi connectivity index (χ1) is 14.5. The maximum atomic E-state index is 4.55. The number of fused-ring (bicyclic) bond motifs is 2. The van der Waals surface area contributed by atoms with Crippen molar-refractivity contribution in [2.45, 2.75) is 45.3 Å². The summed E-state index contributed by atoms with van der Waals surface area (Å²) in [6.07, 6.45) is 10.2. The quantitative estimate of drug-likeness (QED) is 0.652. The molecule has 4 heterocycles. The van der Waals surface area contributed by atoms with Gasteiger partial charge >= 0.3 is 0 Å². The second-order valence-corrected chi connectivity index (χ2v) is 9.60. The van der Waals surface area contributed by atoms with E-state index in [2.05, 4.69) is 63.8 Å². The van der Waals surface area contributed by atoms with Gasteiger partial charge in [-0.1, -0.05) is 0 Å². The van der Waals surface area contributed by atoms with E-state index in [9.17, 15) is 0 Å². The molecule has 1 aliphatic carbocycles.